The zero-order valence-corrected chi connectivity index (χ0v) is 27.9. The van der Waals surface area contributed by atoms with E-state index >= 15 is 4.39 Å². The van der Waals surface area contributed by atoms with Crippen LogP contribution in [0.3, 0.4) is 0 Å². The highest BCUT2D eigenvalue weighted by Gasteiger charge is 2.29. The molecule has 0 unspecified atom stereocenters. The fourth-order valence-corrected chi connectivity index (χ4v) is 5.68. The Labute approximate surface area is 277 Å². The maximum atomic E-state index is 16.9. The number of amides is 1. The Kier molecular flexibility index (Phi) is 10.5. The van der Waals surface area contributed by atoms with Crippen LogP contribution in [0.2, 0.25) is 5.02 Å². The minimum Gasteiger partial charge on any atom is -0.468 e. The van der Waals surface area contributed by atoms with Crippen molar-refractivity contribution in [1.29, 1.82) is 0 Å². The van der Waals surface area contributed by atoms with E-state index in [1.54, 1.807) is 24.0 Å². The Morgan fingerprint density at radius 1 is 1.04 bits per heavy atom. The van der Waals surface area contributed by atoms with Crippen LogP contribution in [0.4, 0.5) is 21.0 Å². The molecule has 0 atom stereocenters. The van der Waals surface area contributed by atoms with Crippen LogP contribution in [-0.2, 0) is 19.0 Å². The zero-order valence-electron chi connectivity index (χ0n) is 27.2. The van der Waals surface area contributed by atoms with Crippen molar-refractivity contribution >= 4 is 57.1 Å². The topological polar surface area (TPSA) is 115 Å². The van der Waals surface area contributed by atoms with Gasteiger partial charge in [-0.25, -0.2) is 14.2 Å². The summed E-state index contributed by atoms with van der Waals surface area (Å²) in [6, 6.07) is 12.8. The van der Waals surface area contributed by atoms with E-state index in [4.69, 9.17) is 35.5 Å². The normalized spacial score (nSPS) is 13.6. The van der Waals surface area contributed by atoms with E-state index in [9.17, 15) is 9.59 Å². The van der Waals surface area contributed by atoms with Gasteiger partial charge in [0.25, 0.3) is 0 Å². The molecule has 0 aliphatic carbocycles. The molecule has 47 heavy (non-hydrogen) atoms. The van der Waals surface area contributed by atoms with Crippen LogP contribution in [0.15, 0.2) is 42.5 Å². The summed E-state index contributed by atoms with van der Waals surface area (Å²) in [6.07, 6.45) is -0.318. The first kappa shape index (κ1) is 33.9. The lowest BCUT2D eigenvalue weighted by Gasteiger charge is -2.36. The highest BCUT2D eigenvalue weighted by Crippen LogP contribution is 2.42. The molecule has 1 aromatic heterocycles. The number of nitrogens with one attached hydrogen (secondary N) is 1. The number of halogens is 2. The van der Waals surface area contributed by atoms with Crippen LogP contribution in [0, 0.1) is 5.82 Å². The third-order valence-electron chi connectivity index (χ3n) is 7.46. The van der Waals surface area contributed by atoms with Gasteiger partial charge in [0, 0.05) is 50.8 Å². The molecule has 1 amide bonds. The Morgan fingerprint density at radius 2 is 1.79 bits per heavy atom. The lowest BCUT2D eigenvalue weighted by Crippen LogP contribution is -2.50. The number of piperazine rings is 1. The van der Waals surface area contributed by atoms with Crippen LogP contribution >= 0.6 is 11.6 Å². The number of hydrogen-bond acceptors (Lipinski definition) is 10. The summed E-state index contributed by atoms with van der Waals surface area (Å²) < 4.78 is 38.3. The number of methoxy groups -OCH3 is 1. The van der Waals surface area contributed by atoms with Gasteiger partial charge in [0.05, 0.1) is 18.1 Å². The number of aromatic nitrogens is 2. The smallest absolute Gasteiger partial charge is 0.410 e. The van der Waals surface area contributed by atoms with Gasteiger partial charge < -0.3 is 34.1 Å². The molecule has 1 aliphatic heterocycles. The second-order valence-electron chi connectivity index (χ2n) is 12.0. The van der Waals surface area contributed by atoms with Crippen LogP contribution in [0.5, 0.6) is 5.75 Å². The molecule has 1 N–H and O–H groups in total. The molecule has 250 valence electrons. The number of ether oxygens (including phenoxy) is 4. The highest BCUT2D eigenvalue weighted by atomic mass is 35.5. The average molecular weight is 668 g/mol. The second-order valence-corrected chi connectivity index (χ2v) is 12.4. The van der Waals surface area contributed by atoms with Gasteiger partial charge in [-0.15, -0.1) is 0 Å². The number of anilines is 2. The molecule has 2 heterocycles. The van der Waals surface area contributed by atoms with E-state index in [0.717, 1.165) is 10.8 Å². The van der Waals surface area contributed by atoms with Gasteiger partial charge in [0.2, 0.25) is 5.95 Å². The minimum atomic E-state index is -0.633. The molecule has 4 aromatic rings. The van der Waals surface area contributed by atoms with Crippen molar-refractivity contribution in [1.82, 2.24) is 14.9 Å². The van der Waals surface area contributed by atoms with Crippen molar-refractivity contribution in [3.05, 3.63) is 53.3 Å². The Bertz CT molecular complexity index is 1770. The van der Waals surface area contributed by atoms with Crippen LogP contribution in [-0.4, -0.2) is 85.8 Å². The quantitative estimate of drug-likeness (QED) is 0.146. The first-order valence-electron chi connectivity index (χ1n) is 15.5. The molecule has 0 bridgehead atoms. The molecule has 0 radical (unpaired) electrons. The Hall–Kier alpha value is -4.42. The summed E-state index contributed by atoms with van der Waals surface area (Å²) in [6.45, 7) is 9.25. The van der Waals surface area contributed by atoms with Crippen molar-refractivity contribution in [2.45, 2.75) is 39.7 Å². The largest absolute Gasteiger partial charge is 0.468 e. The molecule has 11 nitrogen and oxygen atoms in total. The SMILES string of the molecule is CCOC(=O)CCNc1nc(N2CCN(C(=O)OC(C)(C)C)CC2)c2cc(Cl)c(-c3cc(OCOC)cc4ccccc34)c(F)c2n1. The van der Waals surface area contributed by atoms with Crippen LogP contribution < -0.4 is 15.0 Å². The van der Waals surface area contributed by atoms with E-state index in [1.165, 1.54) is 7.11 Å². The molecular weight excluding hydrogens is 629 g/mol. The first-order chi connectivity index (χ1) is 22.5. The number of rotatable bonds is 10. The molecule has 1 aliphatic rings. The number of hydrogen-bond donors (Lipinski definition) is 1. The lowest BCUT2D eigenvalue weighted by atomic mass is 9.96. The number of esters is 1. The predicted molar refractivity (Wildman–Crippen MR) is 180 cm³/mol. The zero-order chi connectivity index (χ0) is 33.7. The number of carbonyl (C=O) groups is 2. The number of carbonyl (C=O) groups excluding carboxylic acids is 2. The third-order valence-corrected chi connectivity index (χ3v) is 7.76. The van der Waals surface area contributed by atoms with E-state index in [1.807, 2.05) is 56.0 Å². The second kappa shape index (κ2) is 14.6. The summed E-state index contributed by atoms with van der Waals surface area (Å²) in [7, 11) is 1.52. The predicted octanol–water partition coefficient (Wildman–Crippen LogP) is 6.65. The van der Waals surface area contributed by atoms with E-state index in [-0.39, 0.29) is 54.4 Å². The van der Waals surface area contributed by atoms with Crippen molar-refractivity contribution in [2.75, 3.05) is 63.5 Å². The molecule has 0 spiro atoms. The molecule has 1 fully saturated rings. The summed E-state index contributed by atoms with van der Waals surface area (Å²) in [5, 5.41) is 5.24. The van der Waals surface area contributed by atoms with E-state index in [2.05, 4.69) is 10.3 Å². The monoisotopic (exact) mass is 667 g/mol. The molecule has 1 saturated heterocycles. The fourth-order valence-electron chi connectivity index (χ4n) is 5.38. The van der Waals surface area contributed by atoms with Gasteiger partial charge in [0.15, 0.2) is 12.6 Å². The summed E-state index contributed by atoms with van der Waals surface area (Å²) in [4.78, 5) is 37.6. The standard InChI is InChI=1S/C34H39ClFN5O6/c1-6-45-27(42)11-12-37-32-38-30-25(31(39-32)40-13-15-41(16-14-40)33(43)47-34(2,3)4)19-26(35)28(29(30)36)24-18-22(46-20-44-5)17-21-9-7-8-10-23(21)24/h7-10,17-19H,6,11-16,20H2,1-5H3,(H,37,38,39). The van der Waals surface area contributed by atoms with Crippen LogP contribution in [0.25, 0.3) is 32.8 Å². The fraction of sp³-hybridized carbons (Fsp3) is 0.412. The van der Waals surface area contributed by atoms with Gasteiger partial charge in [-0.3, -0.25) is 4.79 Å². The number of nitrogens with zero attached hydrogens (tertiary/aromatic N) is 4. The van der Waals surface area contributed by atoms with Crippen molar-refractivity contribution in [3.63, 3.8) is 0 Å². The molecule has 13 heteroatoms. The average Bonchev–Trinajstić information content (AvgIpc) is 3.03. The summed E-state index contributed by atoms with van der Waals surface area (Å²) >= 11 is 6.91. The minimum absolute atomic E-state index is 0.0182. The first-order valence-corrected chi connectivity index (χ1v) is 15.8. The number of benzene rings is 3. The van der Waals surface area contributed by atoms with Gasteiger partial charge >= 0.3 is 12.1 Å². The maximum Gasteiger partial charge on any atom is 0.410 e. The Balaban J connectivity index is 1.58. The Morgan fingerprint density at radius 3 is 2.49 bits per heavy atom. The van der Waals surface area contributed by atoms with Gasteiger partial charge in [0.1, 0.15) is 22.7 Å². The molecular formula is C34H39ClFN5O6. The lowest BCUT2D eigenvalue weighted by molar-refractivity contribution is -0.142. The van der Waals surface area contributed by atoms with Gasteiger partial charge in [-0.2, -0.15) is 4.98 Å². The van der Waals surface area contributed by atoms with Crippen molar-refractivity contribution in [3.8, 4) is 16.9 Å². The summed E-state index contributed by atoms with van der Waals surface area (Å²) in [5.41, 5.74) is 0.125. The van der Waals surface area contributed by atoms with E-state index in [0.29, 0.717) is 48.7 Å². The molecule has 3 aromatic carbocycles. The van der Waals surface area contributed by atoms with Crippen molar-refractivity contribution in [2.24, 2.45) is 0 Å². The van der Waals surface area contributed by atoms with Crippen LogP contribution in [0.1, 0.15) is 34.1 Å². The van der Waals surface area contributed by atoms with Gasteiger partial charge in [-0.05, 0) is 62.2 Å². The number of fused-ring (bicyclic) bond motifs is 2. The van der Waals surface area contributed by atoms with E-state index < -0.39 is 17.5 Å². The van der Waals surface area contributed by atoms with Gasteiger partial charge in [-0.1, -0.05) is 35.9 Å². The summed E-state index contributed by atoms with van der Waals surface area (Å²) in [5.74, 6) is 0.0733. The maximum absolute atomic E-state index is 16.9. The van der Waals surface area contributed by atoms with Crippen molar-refractivity contribution < 1.29 is 32.9 Å². The highest BCUT2D eigenvalue weighted by molar-refractivity contribution is 6.35. The molecule has 5 rings (SSSR count). The third kappa shape index (κ3) is 7.94. The molecule has 0 saturated carbocycles.